The third-order valence-electron chi connectivity index (χ3n) is 3.83. The zero-order valence-corrected chi connectivity index (χ0v) is 14.7. The summed E-state index contributed by atoms with van der Waals surface area (Å²) in [5.74, 6) is 0.947. The summed E-state index contributed by atoms with van der Waals surface area (Å²) in [5, 5.41) is 10.7. The third-order valence-corrected chi connectivity index (χ3v) is 3.83. The molecule has 2 atom stereocenters. The Balaban J connectivity index is 2.24. The van der Waals surface area contributed by atoms with Crippen molar-refractivity contribution in [2.24, 2.45) is 11.8 Å². The Bertz CT molecular complexity index is 597. The predicted octanol–water partition coefficient (Wildman–Crippen LogP) is 2.88. The third kappa shape index (κ3) is 3.90. The SMILES string of the molecule is C=C1OCC(OC2COC(=O)C2(O)/C=C/C(C)C)=C1/C=C/C(C)C. The molecule has 2 rings (SSSR count). The Morgan fingerprint density at radius 2 is 1.92 bits per heavy atom. The summed E-state index contributed by atoms with van der Waals surface area (Å²) in [7, 11) is 0. The first-order chi connectivity index (χ1) is 11.2. The number of esters is 1. The van der Waals surface area contributed by atoms with Crippen molar-refractivity contribution >= 4 is 5.97 Å². The lowest BCUT2D eigenvalue weighted by Gasteiger charge is -2.23. The van der Waals surface area contributed by atoms with E-state index in [1.165, 1.54) is 6.08 Å². The van der Waals surface area contributed by atoms with E-state index in [0.29, 0.717) is 17.4 Å². The fourth-order valence-electron chi connectivity index (χ4n) is 2.37. The Kier molecular flexibility index (Phi) is 5.54. The van der Waals surface area contributed by atoms with E-state index in [1.54, 1.807) is 6.08 Å². The highest BCUT2D eigenvalue weighted by Gasteiger charge is 2.52. The molecule has 2 aliphatic rings. The lowest BCUT2D eigenvalue weighted by Crippen LogP contribution is -2.44. The number of carbonyl (C=O) groups is 1. The lowest BCUT2D eigenvalue weighted by molar-refractivity contribution is -0.151. The summed E-state index contributed by atoms with van der Waals surface area (Å²) in [4.78, 5) is 12.0. The number of rotatable bonds is 6. The van der Waals surface area contributed by atoms with Crippen molar-refractivity contribution in [3.63, 3.8) is 0 Å². The summed E-state index contributed by atoms with van der Waals surface area (Å²) in [6.07, 6.45) is 6.33. The fourth-order valence-corrected chi connectivity index (χ4v) is 2.37. The van der Waals surface area contributed by atoms with Crippen LogP contribution in [0.25, 0.3) is 0 Å². The Morgan fingerprint density at radius 1 is 1.25 bits per heavy atom. The minimum Gasteiger partial charge on any atom is -0.486 e. The average Bonchev–Trinajstić information content (AvgIpc) is 2.99. The fraction of sp³-hybridized carbons (Fsp3) is 0.526. The minimum absolute atomic E-state index is 0.00504. The van der Waals surface area contributed by atoms with E-state index in [1.807, 2.05) is 26.0 Å². The number of hydrogen-bond acceptors (Lipinski definition) is 5. The molecule has 1 fully saturated rings. The van der Waals surface area contributed by atoms with Gasteiger partial charge in [-0.05, 0) is 17.9 Å². The number of carbonyl (C=O) groups excluding carboxylic acids is 1. The quantitative estimate of drug-likeness (QED) is 0.598. The summed E-state index contributed by atoms with van der Waals surface area (Å²) in [6, 6.07) is 0. The number of allylic oxidation sites excluding steroid dienone is 3. The van der Waals surface area contributed by atoms with Gasteiger partial charge in [0.05, 0.1) is 5.57 Å². The van der Waals surface area contributed by atoms with Gasteiger partial charge in [-0.1, -0.05) is 52.5 Å². The largest absolute Gasteiger partial charge is 0.486 e. The highest BCUT2D eigenvalue weighted by atomic mass is 16.6. The van der Waals surface area contributed by atoms with Crippen LogP contribution >= 0.6 is 0 Å². The van der Waals surface area contributed by atoms with Crippen LogP contribution in [0.5, 0.6) is 0 Å². The van der Waals surface area contributed by atoms with Crippen molar-refractivity contribution in [1.82, 2.24) is 0 Å². The number of ether oxygens (including phenoxy) is 3. The maximum absolute atomic E-state index is 12.0. The normalized spacial score (nSPS) is 27.9. The van der Waals surface area contributed by atoms with Crippen LogP contribution in [-0.4, -0.2) is 36.0 Å². The van der Waals surface area contributed by atoms with Gasteiger partial charge in [-0.2, -0.15) is 0 Å². The molecule has 0 aromatic rings. The highest BCUT2D eigenvalue weighted by Crippen LogP contribution is 2.32. The number of hydrogen-bond donors (Lipinski definition) is 1. The van der Waals surface area contributed by atoms with Gasteiger partial charge in [-0.3, -0.25) is 0 Å². The van der Waals surface area contributed by atoms with Gasteiger partial charge in [-0.15, -0.1) is 0 Å². The Morgan fingerprint density at radius 3 is 2.54 bits per heavy atom. The minimum atomic E-state index is -1.78. The summed E-state index contributed by atoms with van der Waals surface area (Å²) in [5.41, 5.74) is -1.04. The number of cyclic esters (lactones) is 1. The molecule has 2 heterocycles. The van der Waals surface area contributed by atoms with Crippen LogP contribution in [0.2, 0.25) is 0 Å². The van der Waals surface area contributed by atoms with Crippen molar-refractivity contribution in [2.45, 2.75) is 39.4 Å². The van der Waals surface area contributed by atoms with Gasteiger partial charge in [0.15, 0.2) is 6.10 Å². The van der Waals surface area contributed by atoms with E-state index in [-0.39, 0.29) is 19.1 Å². The monoisotopic (exact) mass is 334 g/mol. The molecule has 0 bridgehead atoms. The van der Waals surface area contributed by atoms with Crippen molar-refractivity contribution in [2.75, 3.05) is 13.2 Å². The van der Waals surface area contributed by atoms with Gasteiger partial charge in [0.1, 0.15) is 24.7 Å². The standard InChI is InChI=1S/C19H26O5/c1-12(2)6-7-15-14(5)22-10-16(15)24-17-11-23-18(20)19(17,21)9-8-13(3)4/h6-9,12-13,17,21H,5,10-11H2,1-4H3/b7-6+,9-8+. The van der Waals surface area contributed by atoms with Crippen LogP contribution in [0.1, 0.15) is 27.7 Å². The second kappa shape index (κ2) is 7.26. The van der Waals surface area contributed by atoms with Crippen LogP contribution in [-0.2, 0) is 19.0 Å². The Labute approximate surface area is 143 Å². The first kappa shape index (κ1) is 18.3. The molecule has 0 spiro atoms. The van der Waals surface area contributed by atoms with Crippen LogP contribution in [0.3, 0.4) is 0 Å². The smallest absolute Gasteiger partial charge is 0.346 e. The molecule has 0 saturated carbocycles. The molecule has 1 saturated heterocycles. The van der Waals surface area contributed by atoms with Gasteiger partial charge in [0, 0.05) is 0 Å². The van der Waals surface area contributed by atoms with E-state index in [2.05, 4.69) is 20.4 Å². The molecule has 0 radical (unpaired) electrons. The van der Waals surface area contributed by atoms with Crippen LogP contribution < -0.4 is 0 Å². The highest BCUT2D eigenvalue weighted by molar-refractivity contribution is 5.84. The van der Waals surface area contributed by atoms with Gasteiger partial charge < -0.3 is 19.3 Å². The first-order valence-electron chi connectivity index (χ1n) is 8.23. The van der Waals surface area contributed by atoms with Gasteiger partial charge in [0.2, 0.25) is 5.60 Å². The van der Waals surface area contributed by atoms with E-state index in [0.717, 1.165) is 5.57 Å². The molecule has 2 unspecified atom stereocenters. The molecule has 2 aliphatic heterocycles. The van der Waals surface area contributed by atoms with Crippen LogP contribution in [0.15, 0.2) is 48.0 Å². The molecular weight excluding hydrogens is 308 g/mol. The maximum atomic E-state index is 12.0. The molecule has 24 heavy (non-hydrogen) atoms. The van der Waals surface area contributed by atoms with Crippen molar-refractivity contribution in [3.05, 3.63) is 48.0 Å². The Hall–Kier alpha value is -2.01. The van der Waals surface area contributed by atoms with Crippen LogP contribution in [0, 0.1) is 11.8 Å². The second-order valence-electron chi connectivity index (χ2n) is 6.79. The van der Waals surface area contributed by atoms with Crippen LogP contribution in [0.4, 0.5) is 0 Å². The molecular formula is C19H26O5. The molecule has 1 N–H and O–H groups in total. The summed E-state index contributed by atoms with van der Waals surface area (Å²) in [6.45, 7) is 12.1. The van der Waals surface area contributed by atoms with E-state index in [9.17, 15) is 9.90 Å². The average molecular weight is 334 g/mol. The van der Waals surface area contributed by atoms with E-state index < -0.39 is 17.7 Å². The summed E-state index contributed by atoms with van der Waals surface area (Å²) >= 11 is 0. The van der Waals surface area contributed by atoms with Crippen molar-refractivity contribution in [3.8, 4) is 0 Å². The predicted molar refractivity (Wildman–Crippen MR) is 90.9 cm³/mol. The zero-order valence-electron chi connectivity index (χ0n) is 14.7. The van der Waals surface area contributed by atoms with E-state index >= 15 is 0 Å². The first-order valence-corrected chi connectivity index (χ1v) is 8.23. The number of aliphatic hydroxyl groups is 1. The second-order valence-corrected chi connectivity index (χ2v) is 6.79. The molecule has 132 valence electrons. The molecule has 0 aromatic heterocycles. The molecule has 0 aliphatic carbocycles. The van der Waals surface area contributed by atoms with E-state index in [4.69, 9.17) is 14.2 Å². The molecule has 0 aromatic carbocycles. The van der Waals surface area contributed by atoms with Gasteiger partial charge in [0.25, 0.3) is 0 Å². The molecule has 5 heteroatoms. The zero-order chi connectivity index (χ0) is 17.9. The summed E-state index contributed by atoms with van der Waals surface area (Å²) < 4.78 is 16.4. The lowest BCUT2D eigenvalue weighted by atomic mass is 9.97. The van der Waals surface area contributed by atoms with Crippen molar-refractivity contribution < 1.29 is 24.1 Å². The van der Waals surface area contributed by atoms with Crippen molar-refractivity contribution in [1.29, 1.82) is 0 Å². The topological polar surface area (TPSA) is 65.0 Å². The molecule has 0 amide bonds. The molecule has 5 nitrogen and oxygen atoms in total. The van der Waals surface area contributed by atoms with Gasteiger partial charge in [-0.25, -0.2) is 4.79 Å². The maximum Gasteiger partial charge on any atom is 0.346 e. The van der Waals surface area contributed by atoms with Gasteiger partial charge >= 0.3 is 5.97 Å².